The minimum atomic E-state index is -3.45. The second-order valence-corrected chi connectivity index (χ2v) is 13.1. The van der Waals surface area contributed by atoms with Gasteiger partial charge in [-0.25, -0.2) is 18.1 Å². The zero-order chi connectivity index (χ0) is 33.6. The van der Waals surface area contributed by atoms with E-state index in [2.05, 4.69) is 20.1 Å². The first-order chi connectivity index (χ1) is 22.5. The summed E-state index contributed by atoms with van der Waals surface area (Å²) in [7, 11) is -3.45. The van der Waals surface area contributed by atoms with E-state index in [0.717, 1.165) is 5.69 Å². The van der Waals surface area contributed by atoms with E-state index in [9.17, 15) is 31.9 Å². The molecule has 0 spiro atoms. The van der Waals surface area contributed by atoms with Crippen molar-refractivity contribution in [3.8, 4) is 11.6 Å². The SMILES string of the molecule is CCS(=O)(=O)c1ccc(C(CC(=O)O)NC(=O)c2ccc(N3C[C@@H](Oc4ccc(-n5cccn5)cn4)C[C@H]3COC(F)F)cc2)cc1. The fraction of sp³-hybridized carbons (Fsp3) is 0.312. The molecule has 12 nitrogen and oxygen atoms in total. The van der Waals surface area contributed by atoms with Crippen LogP contribution < -0.4 is 15.0 Å². The Labute approximate surface area is 269 Å². The van der Waals surface area contributed by atoms with Gasteiger partial charge in [0.2, 0.25) is 5.88 Å². The van der Waals surface area contributed by atoms with Gasteiger partial charge in [0.15, 0.2) is 9.84 Å². The average molecular weight is 670 g/mol. The first kappa shape index (κ1) is 33.5. The molecule has 1 aliphatic rings. The Balaban J connectivity index is 1.27. The lowest BCUT2D eigenvalue weighted by Gasteiger charge is -2.26. The number of carbonyl (C=O) groups excluding carboxylic acids is 1. The number of aromatic nitrogens is 3. The number of hydrogen-bond acceptors (Lipinski definition) is 9. The largest absolute Gasteiger partial charge is 0.481 e. The number of amides is 1. The summed E-state index contributed by atoms with van der Waals surface area (Å²) in [4.78, 5) is 31.0. The van der Waals surface area contributed by atoms with Gasteiger partial charge in [-0.1, -0.05) is 19.1 Å². The molecule has 2 aromatic heterocycles. The highest BCUT2D eigenvalue weighted by Gasteiger charge is 2.35. The Morgan fingerprint density at radius 2 is 1.79 bits per heavy atom. The standard InChI is InChI=1S/C32H33F2N5O7S/c1-2-47(43,44)27-11-6-21(7-12-27)28(17-30(40)41)37-31(42)22-4-8-23(9-5-22)38-19-26(16-25(38)20-45-32(33)34)46-29-13-10-24(18-35-29)39-15-3-14-36-39/h3-15,18,25-26,28,32H,2,16-17,19-20H2,1H3,(H,37,42)(H,40,41)/t25-,26-,28?/m0/s1. The van der Waals surface area contributed by atoms with Gasteiger partial charge >= 0.3 is 12.6 Å². The van der Waals surface area contributed by atoms with Gasteiger partial charge in [-0.15, -0.1) is 0 Å². The van der Waals surface area contributed by atoms with E-state index in [1.165, 1.54) is 31.2 Å². The number of pyridine rings is 1. The van der Waals surface area contributed by atoms with Crippen molar-refractivity contribution in [2.24, 2.45) is 0 Å². The van der Waals surface area contributed by atoms with Crippen molar-refractivity contribution in [2.75, 3.05) is 23.8 Å². The van der Waals surface area contributed by atoms with Crippen molar-refractivity contribution in [1.29, 1.82) is 0 Å². The van der Waals surface area contributed by atoms with Gasteiger partial charge in [0.1, 0.15) is 6.10 Å². The smallest absolute Gasteiger partial charge is 0.345 e. The number of halogens is 2. The van der Waals surface area contributed by atoms with Crippen molar-refractivity contribution in [3.63, 3.8) is 0 Å². The quantitative estimate of drug-likeness (QED) is 0.199. The minimum absolute atomic E-state index is 0.0822. The van der Waals surface area contributed by atoms with E-state index < -0.39 is 46.8 Å². The number of nitrogens with one attached hydrogen (secondary N) is 1. The Morgan fingerprint density at radius 3 is 2.38 bits per heavy atom. The Hall–Kier alpha value is -4.89. The van der Waals surface area contributed by atoms with Crippen LogP contribution in [0.25, 0.3) is 5.69 Å². The Bertz CT molecular complexity index is 1760. The number of carboxylic acids is 1. The maximum Gasteiger partial charge on any atom is 0.345 e. The molecule has 15 heteroatoms. The molecule has 1 saturated heterocycles. The predicted molar refractivity (Wildman–Crippen MR) is 167 cm³/mol. The molecule has 1 unspecified atom stereocenters. The number of anilines is 1. The zero-order valence-electron chi connectivity index (χ0n) is 25.3. The third kappa shape index (κ3) is 8.48. The zero-order valence-corrected chi connectivity index (χ0v) is 26.1. The van der Waals surface area contributed by atoms with Crippen LogP contribution in [0.1, 0.15) is 41.7 Å². The van der Waals surface area contributed by atoms with Crippen molar-refractivity contribution >= 4 is 27.4 Å². The highest BCUT2D eigenvalue weighted by Crippen LogP contribution is 2.29. The van der Waals surface area contributed by atoms with Gasteiger partial charge in [-0.2, -0.15) is 13.9 Å². The summed E-state index contributed by atoms with van der Waals surface area (Å²) in [6.45, 7) is -1.32. The van der Waals surface area contributed by atoms with E-state index >= 15 is 0 Å². The van der Waals surface area contributed by atoms with Crippen LogP contribution in [0.3, 0.4) is 0 Å². The van der Waals surface area contributed by atoms with E-state index in [1.54, 1.807) is 65.7 Å². The van der Waals surface area contributed by atoms with Gasteiger partial charge in [-0.05, 0) is 54.1 Å². The van der Waals surface area contributed by atoms with Crippen molar-refractivity contribution in [3.05, 3.63) is 96.4 Å². The highest BCUT2D eigenvalue weighted by molar-refractivity contribution is 7.91. The second kappa shape index (κ2) is 14.7. The molecule has 2 aromatic carbocycles. The molecule has 5 rings (SSSR count). The van der Waals surface area contributed by atoms with Gasteiger partial charge in [0, 0.05) is 36.1 Å². The number of alkyl halides is 2. The van der Waals surface area contributed by atoms with Crippen molar-refractivity contribution < 1.29 is 41.4 Å². The lowest BCUT2D eigenvalue weighted by atomic mass is 10.0. The number of carboxylic acid groups (broad SMARTS) is 1. The molecule has 47 heavy (non-hydrogen) atoms. The summed E-state index contributed by atoms with van der Waals surface area (Å²) in [5.74, 6) is -1.41. The van der Waals surface area contributed by atoms with Crippen LogP contribution in [0.4, 0.5) is 14.5 Å². The second-order valence-electron chi connectivity index (χ2n) is 10.8. The normalized spacial score (nSPS) is 17.1. The minimum Gasteiger partial charge on any atom is -0.481 e. The number of nitrogens with zero attached hydrogens (tertiary/aromatic N) is 4. The lowest BCUT2D eigenvalue weighted by molar-refractivity contribution is -0.137. The fourth-order valence-corrected chi connectivity index (χ4v) is 6.22. The molecule has 248 valence electrons. The maximum absolute atomic E-state index is 13.2. The molecule has 4 aromatic rings. The van der Waals surface area contributed by atoms with E-state index in [4.69, 9.17) is 4.74 Å². The summed E-state index contributed by atoms with van der Waals surface area (Å²) in [6.07, 6.45) is 4.62. The van der Waals surface area contributed by atoms with Gasteiger partial charge in [-0.3, -0.25) is 9.59 Å². The maximum atomic E-state index is 13.2. The summed E-state index contributed by atoms with van der Waals surface area (Å²) >= 11 is 0. The number of benzene rings is 2. The highest BCUT2D eigenvalue weighted by atomic mass is 32.2. The van der Waals surface area contributed by atoms with E-state index in [0.29, 0.717) is 30.1 Å². The Kier molecular flexibility index (Phi) is 10.5. The molecule has 1 fully saturated rings. The summed E-state index contributed by atoms with van der Waals surface area (Å²) in [5, 5.41) is 16.3. The van der Waals surface area contributed by atoms with Gasteiger partial charge < -0.3 is 24.8 Å². The number of ether oxygens (including phenoxy) is 2. The number of carbonyl (C=O) groups is 2. The van der Waals surface area contributed by atoms with Crippen LogP contribution in [-0.4, -0.2) is 77.8 Å². The Morgan fingerprint density at radius 1 is 1.06 bits per heavy atom. The van der Waals surface area contributed by atoms with Crippen LogP contribution in [0.5, 0.6) is 5.88 Å². The fourth-order valence-electron chi connectivity index (χ4n) is 5.33. The van der Waals surface area contributed by atoms with Crippen LogP contribution >= 0.6 is 0 Å². The third-order valence-electron chi connectivity index (χ3n) is 7.73. The van der Waals surface area contributed by atoms with E-state index in [-0.39, 0.29) is 28.9 Å². The number of rotatable bonds is 14. The van der Waals surface area contributed by atoms with E-state index in [1.807, 2.05) is 4.90 Å². The van der Waals surface area contributed by atoms with Gasteiger partial charge in [0.05, 0.1) is 54.2 Å². The molecule has 0 bridgehead atoms. The molecule has 0 aliphatic carbocycles. The number of hydrogen-bond donors (Lipinski definition) is 2. The molecule has 3 atom stereocenters. The first-order valence-corrected chi connectivity index (χ1v) is 16.4. The summed E-state index contributed by atoms with van der Waals surface area (Å²) in [6, 6.07) is 16.1. The molecule has 2 N–H and O–H groups in total. The lowest BCUT2D eigenvalue weighted by Crippen LogP contribution is -2.34. The van der Waals surface area contributed by atoms with Crippen molar-refractivity contribution in [1.82, 2.24) is 20.1 Å². The van der Waals surface area contributed by atoms with Crippen LogP contribution in [0, 0.1) is 0 Å². The molecule has 0 saturated carbocycles. The van der Waals surface area contributed by atoms with Crippen LogP contribution in [-0.2, 0) is 19.4 Å². The summed E-state index contributed by atoms with van der Waals surface area (Å²) < 4.78 is 62.6. The van der Waals surface area contributed by atoms with Crippen LogP contribution in [0.2, 0.25) is 0 Å². The average Bonchev–Trinajstić information content (AvgIpc) is 3.74. The molecular formula is C32H33F2N5O7S. The third-order valence-corrected chi connectivity index (χ3v) is 9.49. The van der Waals surface area contributed by atoms with Crippen LogP contribution in [0.15, 0.2) is 90.2 Å². The number of aliphatic carboxylic acids is 1. The molecular weight excluding hydrogens is 636 g/mol. The first-order valence-electron chi connectivity index (χ1n) is 14.8. The topological polar surface area (TPSA) is 153 Å². The molecule has 3 heterocycles. The van der Waals surface area contributed by atoms with Crippen molar-refractivity contribution in [2.45, 2.75) is 49.5 Å². The molecule has 1 amide bonds. The number of sulfone groups is 1. The molecule has 1 aliphatic heterocycles. The molecule has 0 radical (unpaired) electrons. The van der Waals surface area contributed by atoms with Gasteiger partial charge in [0.25, 0.3) is 5.91 Å². The summed E-state index contributed by atoms with van der Waals surface area (Å²) in [5.41, 5.74) is 2.07. The predicted octanol–water partition coefficient (Wildman–Crippen LogP) is 4.27. The monoisotopic (exact) mass is 669 g/mol.